The van der Waals surface area contributed by atoms with Crippen molar-refractivity contribution in [2.45, 2.75) is 19.8 Å². The lowest BCUT2D eigenvalue weighted by molar-refractivity contribution is -0.117. The molecule has 0 radical (unpaired) electrons. The summed E-state index contributed by atoms with van der Waals surface area (Å²) in [4.78, 5) is 23.2. The molecular formula is C20H21IN9O2P. The van der Waals surface area contributed by atoms with Crippen molar-refractivity contribution in [3.8, 4) is 17.1 Å². The van der Waals surface area contributed by atoms with E-state index in [-0.39, 0.29) is 11.8 Å². The van der Waals surface area contributed by atoms with Crippen LogP contribution in [0.2, 0.25) is 0 Å². The quantitative estimate of drug-likeness (QED) is 0.251. The number of anilines is 3. The van der Waals surface area contributed by atoms with Crippen molar-refractivity contribution in [3.05, 3.63) is 30.1 Å². The molecule has 1 saturated carbocycles. The van der Waals surface area contributed by atoms with E-state index in [1.165, 1.54) is 4.80 Å². The molecule has 33 heavy (non-hydrogen) atoms. The standard InChI is InChI=1S/C20H21IN9O2P/c1-10-22-16-14(9-15(24-19(16)30(10)33-21)25-20(31)11-7-8-11)23-13-6-4-5-12(17(13)32-3)18-26-28-29(2)27-18/h4-6,9,11,33H,7-8H2,1-3H3,(H2,23,24,25,31). The van der Waals surface area contributed by atoms with Crippen LogP contribution < -0.4 is 15.4 Å². The summed E-state index contributed by atoms with van der Waals surface area (Å²) in [6.07, 6.45) is 2.27. The summed E-state index contributed by atoms with van der Waals surface area (Å²) in [7, 11) is 3.31. The maximum atomic E-state index is 12.4. The number of nitrogens with one attached hydrogen (secondary N) is 2. The molecule has 13 heteroatoms. The molecule has 1 aromatic carbocycles. The smallest absolute Gasteiger partial charge is 0.228 e. The van der Waals surface area contributed by atoms with E-state index in [1.807, 2.05) is 35.5 Å². The molecule has 0 spiro atoms. The molecule has 1 atom stereocenters. The van der Waals surface area contributed by atoms with Gasteiger partial charge >= 0.3 is 0 Å². The van der Waals surface area contributed by atoms with Crippen LogP contribution in [0.3, 0.4) is 0 Å². The van der Waals surface area contributed by atoms with Gasteiger partial charge in [-0.2, -0.15) is 4.80 Å². The minimum atomic E-state index is 0.000754. The number of methoxy groups -OCH3 is 1. The van der Waals surface area contributed by atoms with Gasteiger partial charge in [-0.25, -0.2) is 9.97 Å². The first-order chi connectivity index (χ1) is 16.0. The van der Waals surface area contributed by atoms with E-state index in [4.69, 9.17) is 14.7 Å². The number of aromatic nitrogens is 7. The number of para-hydroxylation sites is 1. The lowest BCUT2D eigenvalue weighted by atomic mass is 10.1. The molecule has 0 aliphatic heterocycles. The highest BCUT2D eigenvalue weighted by atomic mass is 127. The van der Waals surface area contributed by atoms with Crippen molar-refractivity contribution in [2.75, 3.05) is 17.7 Å². The predicted octanol–water partition coefficient (Wildman–Crippen LogP) is 3.82. The Bertz CT molecular complexity index is 1370. The number of aryl methyl sites for hydroxylation is 2. The van der Waals surface area contributed by atoms with Gasteiger partial charge in [0.05, 0.1) is 37.5 Å². The normalized spacial score (nSPS) is 13.7. The Morgan fingerprint density at radius 3 is 2.76 bits per heavy atom. The van der Waals surface area contributed by atoms with E-state index in [9.17, 15) is 4.79 Å². The van der Waals surface area contributed by atoms with E-state index in [1.54, 1.807) is 14.2 Å². The van der Waals surface area contributed by atoms with Crippen molar-refractivity contribution < 1.29 is 9.53 Å². The van der Waals surface area contributed by atoms with Gasteiger partial charge in [0.1, 0.15) is 17.2 Å². The van der Waals surface area contributed by atoms with Crippen LogP contribution in [0, 0.1) is 12.8 Å². The molecule has 1 unspecified atom stereocenters. The molecule has 1 fully saturated rings. The van der Waals surface area contributed by atoms with E-state index in [0.717, 1.165) is 18.7 Å². The van der Waals surface area contributed by atoms with Gasteiger partial charge < -0.3 is 15.4 Å². The van der Waals surface area contributed by atoms with Crippen molar-refractivity contribution in [2.24, 2.45) is 13.0 Å². The maximum absolute atomic E-state index is 12.4. The Labute approximate surface area is 204 Å². The molecule has 1 aliphatic rings. The van der Waals surface area contributed by atoms with Crippen LogP contribution in [0.15, 0.2) is 24.3 Å². The zero-order valence-electron chi connectivity index (χ0n) is 18.1. The number of ether oxygens (including phenoxy) is 1. The molecule has 3 aromatic heterocycles. The maximum Gasteiger partial charge on any atom is 0.228 e. The Hall–Kier alpha value is -2.86. The van der Waals surface area contributed by atoms with Crippen LogP contribution >= 0.6 is 28.4 Å². The molecule has 11 nitrogen and oxygen atoms in total. The number of benzene rings is 1. The predicted molar refractivity (Wildman–Crippen MR) is 135 cm³/mol. The van der Waals surface area contributed by atoms with Gasteiger partial charge in [-0.3, -0.25) is 9.13 Å². The fourth-order valence-electron chi connectivity index (χ4n) is 3.56. The van der Waals surface area contributed by atoms with Gasteiger partial charge in [-0.05, 0) is 59.2 Å². The fourth-order valence-corrected chi connectivity index (χ4v) is 5.70. The second-order valence-electron chi connectivity index (χ2n) is 7.68. The molecule has 2 N–H and O–H groups in total. The molecule has 1 aliphatic carbocycles. The summed E-state index contributed by atoms with van der Waals surface area (Å²) in [5.74, 6) is 2.45. The highest BCUT2D eigenvalue weighted by molar-refractivity contribution is 14.2. The number of hydrogen-bond donors (Lipinski definition) is 2. The first-order valence-electron chi connectivity index (χ1n) is 10.2. The van der Waals surface area contributed by atoms with Crippen LogP contribution in [0.25, 0.3) is 22.6 Å². The Morgan fingerprint density at radius 1 is 1.27 bits per heavy atom. The Balaban J connectivity index is 1.60. The van der Waals surface area contributed by atoms with Crippen LogP contribution in [0.4, 0.5) is 17.2 Å². The van der Waals surface area contributed by atoms with Crippen molar-refractivity contribution >= 4 is 62.7 Å². The number of carbonyl (C=O) groups is 1. The molecular weight excluding hydrogens is 556 g/mol. The molecule has 0 bridgehead atoms. The van der Waals surface area contributed by atoms with Crippen LogP contribution in [0.1, 0.15) is 18.7 Å². The number of nitrogens with zero attached hydrogens (tertiary/aromatic N) is 7. The number of imidazole rings is 1. The zero-order chi connectivity index (χ0) is 23.1. The van der Waals surface area contributed by atoms with Crippen LogP contribution in [-0.4, -0.2) is 47.5 Å². The monoisotopic (exact) mass is 577 g/mol. The first kappa shape index (κ1) is 22.0. The lowest BCUT2D eigenvalue weighted by Crippen LogP contribution is -2.14. The number of tetrazole rings is 1. The largest absolute Gasteiger partial charge is 0.494 e. The molecule has 4 aromatic rings. The summed E-state index contributed by atoms with van der Waals surface area (Å²) in [5, 5.41) is 18.7. The Morgan fingerprint density at radius 2 is 2.09 bits per heavy atom. The SMILES string of the molecule is COc1c(Nc2cc(NC(=O)C3CC3)nc3c2nc(C)n3PI)cccc1-c1nnn(C)n1. The molecule has 5 rings (SSSR count). The average Bonchev–Trinajstić information content (AvgIpc) is 3.49. The van der Waals surface area contributed by atoms with Gasteiger partial charge in [0.2, 0.25) is 11.7 Å². The number of pyridine rings is 1. The van der Waals surface area contributed by atoms with Gasteiger partial charge in [0, 0.05) is 12.0 Å². The zero-order valence-corrected chi connectivity index (χ0v) is 21.3. The third-order valence-corrected chi connectivity index (χ3v) is 7.46. The number of rotatable bonds is 7. The second-order valence-corrected chi connectivity index (χ2v) is 9.75. The third-order valence-electron chi connectivity index (χ3n) is 5.31. The summed E-state index contributed by atoms with van der Waals surface area (Å²) in [6, 6.07) is 7.47. The fraction of sp³-hybridized carbons (Fsp3) is 0.300. The van der Waals surface area contributed by atoms with Gasteiger partial charge in [0.25, 0.3) is 0 Å². The summed E-state index contributed by atoms with van der Waals surface area (Å²) >= 11 is 2.30. The number of fused-ring (bicyclic) bond motifs is 1. The van der Waals surface area contributed by atoms with E-state index in [0.29, 0.717) is 51.9 Å². The molecule has 170 valence electrons. The lowest BCUT2D eigenvalue weighted by Gasteiger charge is -2.15. The number of hydrogen-bond acceptors (Lipinski definition) is 8. The van der Waals surface area contributed by atoms with Crippen molar-refractivity contribution in [1.82, 2.24) is 34.5 Å². The second kappa shape index (κ2) is 8.82. The minimum absolute atomic E-state index is 0.000754. The molecule has 0 saturated heterocycles. The topological polar surface area (TPSA) is 125 Å². The molecule has 1 amide bonds. The highest BCUT2D eigenvalue weighted by Crippen LogP contribution is 2.40. The summed E-state index contributed by atoms with van der Waals surface area (Å²) in [6.45, 7) is 1.94. The van der Waals surface area contributed by atoms with Gasteiger partial charge in [-0.15, -0.1) is 10.2 Å². The van der Waals surface area contributed by atoms with Crippen molar-refractivity contribution in [3.63, 3.8) is 0 Å². The summed E-state index contributed by atoms with van der Waals surface area (Å²) in [5.41, 5.74) is 3.55. The highest BCUT2D eigenvalue weighted by Gasteiger charge is 2.30. The summed E-state index contributed by atoms with van der Waals surface area (Å²) < 4.78 is 7.75. The number of halogens is 1. The van der Waals surface area contributed by atoms with E-state index >= 15 is 0 Å². The van der Waals surface area contributed by atoms with Crippen LogP contribution in [0.5, 0.6) is 5.75 Å². The Kier molecular flexibility index (Phi) is 5.87. The van der Waals surface area contributed by atoms with Gasteiger partial charge in [-0.1, -0.05) is 6.07 Å². The van der Waals surface area contributed by atoms with E-state index < -0.39 is 0 Å². The van der Waals surface area contributed by atoms with Crippen molar-refractivity contribution in [1.29, 1.82) is 0 Å². The number of amides is 1. The van der Waals surface area contributed by atoms with Crippen LogP contribution in [-0.2, 0) is 11.8 Å². The third kappa shape index (κ3) is 4.24. The van der Waals surface area contributed by atoms with E-state index in [2.05, 4.69) is 48.1 Å². The minimum Gasteiger partial charge on any atom is -0.494 e. The number of carbonyl (C=O) groups excluding carboxylic acids is 1. The molecule has 3 heterocycles. The average molecular weight is 577 g/mol. The first-order valence-corrected chi connectivity index (χ1v) is 14.3. The van der Waals surface area contributed by atoms with Gasteiger partial charge in [0.15, 0.2) is 11.4 Å².